The molecule has 1 N–H and O–H groups in total. The first kappa shape index (κ1) is 13.3. The number of hydrogen-bond donors (Lipinski definition) is 1. The van der Waals surface area contributed by atoms with E-state index in [-0.39, 0.29) is 5.82 Å². The van der Waals surface area contributed by atoms with Crippen molar-refractivity contribution in [1.29, 1.82) is 0 Å². The molecule has 3 rings (SSSR count). The number of piperidine rings is 1. The van der Waals surface area contributed by atoms with Gasteiger partial charge in [-0.1, -0.05) is 12.1 Å². The zero-order valence-electron chi connectivity index (χ0n) is 11.9. The highest BCUT2D eigenvalue weighted by molar-refractivity contribution is 5.31. The first-order valence-corrected chi connectivity index (χ1v) is 7.11. The van der Waals surface area contributed by atoms with Crippen molar-refractivity contribution < 1.29 is 4.39 Å². The fraction of sp³-hybridized carbons (Fsp3) is 0.438. The lowest BCUT2D eigenvalue weighted by Gasteiger charge is -2.32. The highest BCUT2D eigenvalue weighted by atomic mass is 19.1. The molecular formula is C16H20FN3. The van der Waals surface area contributed by atoms with Crippen molar-refractivity contribution in [2.75, 3.05) is 13.1 Å². The molecule has 1 fully saturated rings. The summed E-state index contributed by atoms with van der Waals surface area (Å²) in [6, 6.07) is 6.92. The Morgan fingerprint density at radius 2 is 2.00 bits per heavy atom. The molecule has 2 aromatic rings. The summed E-state index contributed by atoms with van der Waals surface area (Å²) >= 11 is 0. The van der Waals surface area contributed by atoms with Gasteiger partial charge in [0.25, 0.3) is 0 Å². The number of rotatable bonds is 2. The molecule has 0 saturated carbocycles. The SMILES string of the molecule is Cc1nn(C)cc1C1CCNCC1c1ccc(F)cc1. The number of hydrogen-bond acceptors (Lipinski definition) is 2. The number of nitrogens with one attached hydrogen (secondary N) is 1. The van der Waals surface area contributed by atoms with E-state index in [1.165, 1.54) is 11.1 Å². The Bertz CT molecular complexity index is 588. The van der Waals surface area contributed by atoms with Gasteiger partial charge in [0.2, 0.25) is 0 Å². The van der Waals surface area contributed by atoms with Crippen molar-refractivity contribution in [3.8, 4) is 0 Å². The van der Waals surface area contributed by atoms with Crippen molar-refractivity contribution in [2.24, 2.45) is 7.05 Å². The van der Waals surface area contributed by atoms with Gasteiger partial charge < -0.3 is 5.32 Å². The van der Waals surface area contributed by atoms with E-state index >= 15 is 0 Å². The molecule has 0 spiro atoms. The lowest BCUT2D eigenvalue weighted by Crippen LogP contribution is -2.34. The van der Waals surface area contributed by atoms with E-state index in [0.29, 0.717) is 11.8 Å². The summed E-state index contributed by atoms with van der Waals surface area (Å²) < 4.78 is 15.0. The van der Waals surface area contributed by atoms with Gasteiger partial charge in [-0.2, -0.15) is 5.10 Å². The van der Waals surface area contributed by atoms with Crippen molar-refractivity contribution >= 4 is 0 Å². The maximum absolute atomic E-state index is 13.1. The molecule has 1 saturated heterocycles. The van der Waals surface area contributed by atoms with Crippen LogP contribution in [0.3, 0.4) is 0 Å². The first-order chi connectivity index (χ1) is 9.65. The molecule has 0 aliphatic carbocycles. The summed E-state index contributed by atoms with van der Waals surface area (Å²) in [5.41, 5.74) is 3.63. The largest absolute Gasteiger partial charge is 0.316 e. The van der Waals surface area contributed by atoms with Crippen LogP contribution in [0.15, 0.2) is 30.5 Å². The van der Waals surface area contributed by atoms with Crippen LogP contribution < -0.4 is 5.32 Å². The Kier molecular flexibility index (Phi) is 3.57. The fourth-order valence-electron chi connectivity index (χ4n) is 3.27. The summed E-state index contributed by atoms with van der Waals surface area (Å²) in [4.78, 5) is 0. The van der Waals surface area contributed by atoms with Gasteiger partial charge in [0, 0.05) is 25.7 Å². The second-order valence-electron chi connectivity index (χ2n) is 5.60. The van der Waals surface area contributed by atoms with E-state index in [1.54, 1.807) is 12.1 Å². The standard InChI is InChI=1S/C16H20FN3/c1-11-16(10-20(2)19-11)14-7-8-18-9-15(14)12-3-5-13(17)6-4-12/h3-6,10,14-15,18H,7-9H2,1-2H3. The zero-order valence-corrected chi connectivity index (χ0v) is 11.9. The predicted molar refractivity (Wildman–Crippen MR) is 77.3 cm³/mol. The van der Waals surface area contributed by atoms with Crippen LogP contribution in [0, 0.1) is 12.7 Å². The molecule has 1 aromatic carbocycles. The molecule has 20 heavy (non-hydrogen) atoms. The van der Waals surface area contributed by atoms with Gasteiger partial charge >= 0.3 is 0 Å². The third-order valence-electron chi connectivity index (χ3n) is 4.23. The summed E-state index contributed by atoms with van der Waals surface area (Å²) in [6.07, 6.45) is 3.22. The van der Waals surface area contributed by atoms with Crippen LogP contribution in [0.4, 0.5) is 4.39 Å². The molecule has 106 valence electrons. The monoisotopic (exact) mass is 273 g/mol. The zero-order chi connectivity index (χ0) is 14.1. The lowest BCUT2D eigenvalue weighted by molar-refractivity contribution is 0.402. The van der Waals surface area contributed by atoms with Crippen LogP contribution >= 0.6 is 0 Å². The van der Waals surface area contributed by atoms with Crippen molar-refractivity contribution in [3.05, 3.63) is 53.1 Å². The molecule has 0 radical (unpaired) electrons. The molecule has 1 aliphatic heterocycles. The van der Waals surface area contributed by atoms with Gasteiger partial charge in [0.15, 0.2) is 0 Å². The van der Waals surface area contributed by atoms with E-state index in [0.717, 1.165) is 25.2 Å². The molecule has 2 atom stereocenters. The summed E-state index contributed by atoms with van der Waals surface area (Å²) in [6.45, 7) is 4.03. The molecular weight excluding hydrogens is 253 g/mol. The number of nitrogens with zero attached hydrogens (tertiary/aromatic N) is 2. The summed E-state index contributed by atoms with van der Waals surface area (Å²) in [7, 11) is 1.96. The Labute approximate surface area is 118 Å². The third kappa shape index (κ3) is 2.48. The molecule has 1 aromatic heterocycles. The van der Waals surface area contributed by atoms with E-state index in [1.807, 2.05) is 23.9 Å². The van der Waals surface area contributed by atoms with E-state index < -0.39 is 0 Å². The van der Waals surface area contributed by atoms with Crippen molar-refractivity contribution in [2.45, 2.75) is 25.2 Å². The van der Waals surface area contributed by atoms with Crippen molar-refractivity contribution in [1.82, 2.24) is 15.1 Å². The van der Waals surface area contributed by atoms with Crippen LogP contribution in [0.5, 0.6) is 0 Å². The summed E-state index contributed by atoms with van der Waals surface area (Å²) in [5, 5.41) is 7.92. The summed E-state index contributed by atoms with van der Waals surface area (Å²) in [5.74, 6) is 0.661. The van der Waals surface area contributed by atoms with Gasteiger partial charge in [-0.05, 0) is 49.1 Å². The smallest absolute Gasteiger partial charge is 0.123 e. The predicted octanol–water partition coefficient (Wildman–Crippen LogP) is 2.73. The topological polar surface area (TPSA) is 29.9 Å². The van der Waals surface area contributed by atoms with E-state index in [2.05, 4.69) is 23.5 Å². The number of aryl methyl sites for hydroxylation is 2. The van der Waals surface area contributed by atoms with Crippen LogP contribution in [0.1, 0.15) is 35.1 Å². The minimum absolute atomic E-state index is 0.174. The third-order valence-corrected chi connectivity index (χ3v) is 4.23. The van der Waals surface area contributed by atoms with Crippen LogP contribution in [0.2, 0.25) is 0 Å². The Morgan fingerprint density at radius 1 is 1.25 bits per heavy atom. The molecule has 3 nitrogen and oxygen atoms in total. The maximum Gasteiger partial charge on any atom is 0.123 e. The first-order valence-electron chi connectivity index (χ1n) is 7.11. The second kappa shape index (κ2) is 5.37. The molecule has 2 heterocycles. The highest BCUT2D eigenvalue weighted by Gasteiger charge is 2.29. The molecule has 0 bridgehead atoms. The Balaban J connectivity index is 1.95. The minimum atomic E-state index is -0.174. The van der Waals surface area contributed by atoms with Crippen LogP contribution in [0.25, 0.3) is 0 Å². The number of aromatic nitrogens is 2. The van der Waals surface area contributed by atoms with Gasteiger partial charge in [-0.3, -0.25) is 4.68 Å². The van der Waals surface area contributed by atoms with Crippen LogP contribution in [-0.2, 0) is 7.05 Å². The number of halogens is 1. The van der Waals surface area contributed by atoms with E-state index in [9.17, 15) is 4.39 Å². The second-order valence-corrected chi connectivity index (χ2v) is 5.60. The van der Waals surface area contributed by atoms with Crippen LogP contribution in [-0.4, -0.2) is 22.9 Å². The molecule has 2 unspecified atom stereocenters. The van der Waals surface area contributed by atoms with Gasteiger partial charge in [0.05, 0.1) is 5.69 Å². The normalized spacial score (nSPS) is 22.9. The molecule has 4 heteroatoms. The average Bonchev–Trinajstić information content (AvgIpc) is 2.78. The van der Waals surface area contributed by atoms with Gasteiger partial charge in [-0.15, -0.1) is 0 Å². The molecule has 1 aliphatic rings. The average molecular weight is 273 g/mol. The van der Waals surface area contributed by atoms with E-state index in [4.69, 9.17) is 0 Å². The quantitative estimate of drug-likeness (QED) is 0.912. The van der Waals surface area contributed by atoms with Gasteiger partial charge in [-0.25, -0.2) is 4.39 Å². The van der Waals surface area contributed by atoms with Gasteiger partial charge in [0.1, 0.15) is 5.82 Å². The Morgan fingerprint density at radius 3 is 2.65 bits per heavy atom. The molecule has 0 amide bonds. The number of benzene rings is 1. The highest BCUT2D eigenvalue weighted by Crippen LogP contribution is 2.38. The Hall–Kier alpha value is -1.68. The minimum Gasteiger partial charge on any atom is -0.316 e. The lowest BCUT2D eigenvalue weighted by atomic mass is 9.77. The maximum atomic E-state index is 13.1. The van der Waals surface area contributed by atoms with Crippen molar-refractivity contribution in [3.63, 3.8) is 0 Å². The fourth-order valence-corrected chi connectivity index (χ4v) is 3.27.